The molecule has 0 radical (unpaired) electrons. The third kappa shape index (κ3) is 4.34. The van der Waals surface area contributed by atoms with Crippen molar-refractivity contribution >= 4 is 32.6 Å². The summed E-state index contributed by atoms with van der Waals surface area (Å²) in [6.45, 7) is 0. The van der Waals surface area contributed by atoms with E-state index in [0.29, 0.717) is 0 Å². The zero-order valence-electron chi connectivity index (χ0n) is 32.9. The average Bonchev–Trinajstić information content (AvgIpc) is 3.93. The number of benzene rings is 8. The molecule has 0 saturated heterocycles. The second-order valence-corrected chi connectivity index (χ2v) is 16.6. The molecule has 14 rings (SSSR count). The minimum Gasteiger partial charge on any atom is -0.256 e. The molecule has 0 amide bonds. The van der Waals surface area contributed by atoms with Gasteiger partial charge in [-0.05, 0) is 131 Å². The number of rotatable bonds is 3. The quantitative estimate of drug-likeness (QED) is 0.180. The molecule has 0 unspecified atom stereocenters. The Labute approximate surface area is 352 Å². The Balaban J connectivity index is 1.15. The van der Waals surface area contributed by atoms with Crippen LogP contribution in [0.1, 0.15) is 22.3 Å². The van der Waals surface area contributed by atoms with Gasteiger partial charge in [0.05, 0.1) is 27.8 Å². The van der Waals surface area contributed by atoms with Gasteiger partial charge in [-0.25, -0.2) is 4.98 Å². The third-order valence-electron chi connectivity index (χ3n) is 13.7. The standard InChI is InChI=1S/C58H33N3/c1-4-20-46-40(15-1)41-16-2-5-21-47(41)58(46)48-22-6-3-17-43(48)57-49(58)33-45-42-18-7-11-36-12-8-19-44(54(36)42)56(45)55(57)39-31-52(37-25-23-34-13-9-27-59-50(34)29-37)61-53(32-39)38-26-24-35-14-10-28-60-51(35)30-38/h1-33H. The number of nitrogens with zero attached hydrogens (tertiary/aromatic N) is 3. The number of pyridine rings is 3. The highest BCUT2D eigenvalue weighted by Crippen LogP contribution is 2.67. The molecule has 0 bridgehead atoms. The molecule has 8 aromatic carbocycles. The van der Waals surface area contributed by atoms with Crippen molar-refractivity contribution in [2.24, 2.45) is 0 Å². The molecule has 61 heavy (non-hydrogen) atoms. The highest BCUT2D eigenvalue weighted by molar-refractivity contribution is 6.21. The van der Waals surface area contributed by atoms with E-state index in [0.717, 1.165) is 49.9 Å². The molecule has 0 fully saturated rings. The van der Waals surface area contributed by atoms with Crippen LogP contribution in [-0.4, -0.2) is 15.0 Å². The van der Waals surface area contributed by atoms with Crippen molar-refractivity contribution in [2.75, 3.05) is 0 Å². The molecule has 3 aliphatic rings. The summed E-state index contributed by atoms with van der Waals surface area (Å²) < 4.78 is 0. The van der Waals surface area contributed by atoms with Gasteiger partial charge in [-0.15, -0.1) is 0 Å². The van der Waals surface area contributed by atoms with Crippen LogP contribution in [0, 0.1) is 0 Å². The molecule has 1 spiro atoms. The highest BCUT2D eigenvalue weighted by atomic mass is 14.7. The van der Waals surface area contributed by atoms with Gasteiger partial charge in [-0.2, -0.15) is 0 Å². The zero-order chi connectivity index (χ0) is 39.8. The first-order valence-electron chi connectivity index (χ1n) is 21.0. The van der Waals surface area contributed by atoms with E-state index in [1.165, 1.54) is 83.1 Å². The maximum absolute atomic E-state index is 5.50. The number of hydrogen-bond donors (Lipinski definition) is 0. The van der Waals surface area contributed by atoms with Crippen molar-refractivity contribution in [3.05, 3.63) is 223 Å². The first-order valence-corrected chi connectivity index (χ1v) is 21.0. The van der Waals surface area contributed by atoms with Crippen LogP contribution in [0.3, 0.4) is 0 Å². The first kappa shape index (κ1) is 32.9. The lowest BCUT2D eigenvalue weighted by Gasteiger charge is -2.31. The second kappa shape index (κ2) is 12.0. The smallest absolute Gasteiger partial charge is 0.0725 e. The Kier molecular flexibility index (Phi) is 6.49. The van der Waals surface area contributed by atoms with Gasteiger partial charge in [-0.1, -0.05) is 146 Å². The topological polar surface area (TPSA) is 38.7 Å². The molecule has 3 nitrogen and oxygen atoms in total. The van der Waals surface area contributed by atoms with Crippen LogP contribution >= 0.6 is 0 Å². The molecule has 3 heterocycles. The van der Waals surface area contributed by atoms with E-state index in [-0.39, 0.29) is 0 Å². The SMILES string of the molecule is c1ccc2c(c1)-c1ccccc1C21c2ccccc2-c2c1cc1c(c2-c2cc(-c3ccc4cccnc4c3)nc(-c3ccc4cccnc4c3)c2)-c2cccc3cccc-1c23. The lowest BCUT2D eigenvalue weighted by atomic mass is 9.69. The third-order valence-corrected chi connectivity index (χ3v) is 13.7. The van der Waals surface area contributed by atoms with Crippen molar-refractivity contribution in [3.63, 3.8) is 0 Å². The van der Waals surface area contributed by atoms with Crippen molar-refractivity contribution in [2.45, 2.75) is 5.41 Å². The van der Waals surface area contributed by atoms with E-state index < -0.39 is 5.41 Å². The molecule has 11 aromatic rings. The van der Waals surface area contributed by atoms with E-state index in [9.17, 15) is 0 Å². The fourth-order valence-electron chi connectivity index (χ4n) is 11.2. The minimum atomic E-state index is -0.502. The van der Waals surface area contributed by atoms with Gasteiger partial charge < -0.3 is 0 Å². The van der Waals surface area contributed by atoms with Crippen molar-refractivity contribution in [3.8, 4) is 78.1 Å². The molecular formula is C58H33N3. The molecule has 3 aliphatic carbocycles. The molecule has 3 heteroatoms. The Morgan fingerprint density at radius 2 is 0.836 bits per heavy atom. The van der Waals surface area contributed by atoms with Crippen molar-refractivity contribution in [1.82, 2.24) is 15.0 Å². The van der Waals surface area contributed by atoms with Crippen LogP contribution in [0.15, 0.2) is 200 Å². The average molecular weight is 772 g/mol. The van der Waals surface area contributed by atoms with Crippen LogP contribution < -0.4 is 0 Å². The molecular weight excluding hydrogens is 739 g/mol. The van der Waals surface area contributed by atoms with E-state index in [2.05, 4.69) is 176 Å². The summed E-state index contributed by atoms with van der Waals surface area (Å²) in [5.41, 5.74) is 23.2. The minimum absolute atomic E-state index is 0.502. The Morgan fingerprint density at radius 1 is 0.311 bits per heavy atom. The summed E-state index contributed by atoms with van der Waals surface area (Å²) in [6, 6.07) is 69.5. The lowest BCUT2D eigenvalue weighted by Crippen LogP contribution is -2.26. The van der Waals surface area contributed by atoms with Crippen molar-refractivity contribution < 1.29 is 0 Å². The number of fused-ring (bicyclic) bond motifs is 15. The van der Waals surface area contributed by atoms with E-state index >= 15 is 0 Å². The number of hydrogen-bond acceptors (Lipinski definition) is 3. The molecule has 0 N–H and O–H groups in total. The lowest BCUT2D eigenvalue weighted by molar-refractivity contribution is 0.794. The summed E-state index contributed by atoms with van der Waals surface area (Å²) in [5, 5.41) is 4.78. The normalized spacial score (nSPS) is 13.4. The van der Waals surface area contributed by atoms with Gasteiger partial charge in [-0.3, -0.25) is 9.97 Å². The van der Waals surface area contributed by atoms with Crippen molar-refractivity contribution in [1.29, 1.82) is 0 Å². The Hall–Kier alpha value is -8.01. The zero-order valence-corrected chi connectivity index (χ0v) is 32.9. The summed E-state index contributed by atoms with van der Waals surface area (Å²) >= 11 is 0. The van der Waals surface area contributed by atoms with Gasteiger partial charge in [0, 0.05) is 34.3 Å². The van der Waals surface area contributed by atoms with E-state index in [4.69, 9.17) is 15.0 Å². The van der Waals surface area contributed by atoms with Crippen LogP contribution in [0.25, 0.3) is 111 Å². The summed E-state index contributed by atoms with van der Waals surface area (Å²) in [5.74, 6) is 0. The Morgan fingerprint density at radius 3 is 1.46 bits per heavy atom. The molecule has 0 aliphatic heterocycles. The molecule has 0 atom stereocenters. The van der Waals surface area contributed by atoms with Crippen LogP contribution in [0.2, 0.25) is 0 Å². The predicted molar refractivity (Wildman–Crippen MR) is 249 cm³/mol. The van der Waals surface area contributed by atoms with Gasteiger partial charge in [0.1, 0.15) is 0 Å². The maximum atomic E-state index is 5.50. The summed E-state index contributed by atoms with van der Waals surface area (Å²) in [6.07, 6.45) is 3.73. The summed E-state index contributed by atoms with van der Waals surface area (Å²) in [4.78, 5) is 15.0. The van der Waals surface area contributed by atoms with Gasteiger partial charge in [0.2, 0.25) is 0 Å². The molecule has 3 aromatic heterocycles. The highest BCUT2D eigenvalue weighted by Gasteiger charge is 2.53. The number of aromatic nitrogens is 3. The van der Waals surface area contributed by atoms with Gasteiger partial charge >= 0.3 is 0 Å². The fraction of sp³-hybridized carbons (Fsp3) is 0.0172. The van der Waals surface area contributed by atoms with E-state index in [1.807, 2.05) is 24.5 Å². The van der Waals surface area contributed by atoms with Crippen LogP contribution in [0.4, 0.5) is 0 Å². The van der Waals surface area contributed by atoms with Crippen LogP contribution in [-0.2, 0) is 5.41 Å². The van der Waals surface area contributed by atoms with Crippen LogP contribution in [0.5, 0.6) is 0 Å². The molecule has 280 valence electrons. The van der Waals surface area contributed by atoms with E-state index in [1.54, 1.807) is 0 Å². The maximum Gasteiger partial charge on any atom is 0.0725 e. The predicted octanol–water partition coefficient (Wildman–Crippen LogP) is 14.3. The van der Waals surface area contributed by atoms with Gasteiger partial charge in [0.25, 0.3) is 0 Å². The second-order valence-electron chi connectivity index (χ2n) is 16.6. The summed E-state index contributed by atoms with van der Waals surface area (Å²) in [7, 11) is 0. The fourth-order valence-corrected chi connectivity index (χ4v) is 11.2. The van der Waals surface area contributed by atoms with Gasteiger partial charge in [0.15, 0.2) is 0 Å². The largest absolute Gasteiger partial charge is 0.256 e. The first-order chi connectivity index (χ1) is 30.2. The monoisotopic (exact) mass is 771 g/mol. The molecule has 0 saturated carbocycles. The Bertz CT molecular complexity index is 3580.